The lowest BCUT2D eigenvalue weighted by atomic mass is 10.2. The van der Waals surface area contributed by atoms with Gasteiger partial charge in [0.25, 0.3) is 5.56 Å². The van der Waals surface area contributed by atoms with E-state index in [-0.39, 0.29) is 5.56 Å². The standard InChI is InChI=1S/C12H21N5O2/c1-15-11(18)10(14-16(2)12(15)19)17(8-7-13)9-5-3-4-6-9/h9H,3-8,13H2,1-2H3. The third-order valence-corrected chi connectivity index (χ3v) is 3.71. The Balaban J connectivity index is 2.47. The van der Waals surface area contributed by atoms with Crippen LogP contribution in [0.3, 0.4) is 0 Å². The summed E-state index contributed by atoms with van der Waals surface area (Å²) in [6, 6.07) is 0.307. The summed E-state index contributed by atoms with van der Waals surface area (Å²) in [5.41, 5.74) is 4.89. The fourth-order valence-electron chi connectivity index (χ4n) is 2.68. The number of anilines is 1. The van der Waals surface area contributed by atoms with Crippen LogP contribution in [0.15, 0.2) is 9.59 Å². The molecule has 1 aromatic heterocycles. The molecule has 1 saturated carbocycles. The van der Waals surface area contributed by atoms with Crippen molar-refractivity contribution in [3.05, 3.63) is 20.8 Å². The highest BCUT2D eigenvalue weighted by molar-refractivity contribution is 5.36. The number of aromatic nitrogens is 3. The number of nitrogens with two attached hydrogens (primary N) is 1. The van der Waals surface area contributed by atoms with Gasteiger partial charge in [-0.25, -0.2) is 9.48 Å². The highest BCUT2D eigenvalue weighted by atomic mass is 16.2. The van der Waals surface area contributed by atoms with Crippen LogP contribution < -0.4 is 21.9 Å². The molecule has 0 unspecified atom stereocenters. The van der Waals surface area contributed by atoms with Crippen LogP contribution in [-0.4, -0.2) is 33.5 Å². The summed E-state index contributed by atoms with van der Waals surface area (Å²) in [7, 11) is 3.03. The van der Waals surface area contributed by atoms with Crippen LogP contribution in [0, 0.1) is 0 Å². The van der Waals surface area contributed by atoms with E-state index in [0.717, 1.165) is 30.3 Å². The first kappa shape index (κ1) is 13.8. The molecule has 2 rings (SSSR count). The van der Waals surface area contributed by atoms with Gasteiger partial charge in [0.05, 0.1) is 0 Å². The van der Waals surface area contributed by atoms with Crippen LogP contribution in [-0.2, 0) is 14.1 Å². The molecule has 1 heterocycles. The van der Waals surface area contributed by atoms with E-state index in [2.05, 4.69) is 5.10 Å². The van der Waals surface area contributed by atoms with E-state index < -0.39 is 5.69 Å². The molecule has 2 N–H and O–H groups in total. The lowest BCUT2D eigenvalue weighted by Crippen LogP contribution is -2.47. The molecule has 106 valence electrons. The Kier molecular flexibility index (Phi) is 4.04. The Morgan fingerprint density at radius 2 is 1.95 bits per heavy atom. The molecular formula is C12H21N5O2. The van der Waals surface area contributed by atoms with Crippen molar-refractivity contribution in [1.29, 1.82) is 0 Å². The molecule has 0 spiro atoms. The topological polar surface area (TPSA) is 86.2 Å². The second kappa shape index (κ2) is 5.56. The summed E-state index contributed by atoms with van der Waals surface area (Å²) >= 11 is 0. The molecule has 0 aromatic carbocycles. The molecule has 7 nitrogen and oxygen atoms in total. The highest BCUT2D eigenvalue weighted by Gasteiger charge is 2.26. The summed E-state index contributed by atoms with van der Waals surface area (Å²) < 4.78 is 2.30. The Morgan fingerprint density at radius 3 is 2.53 bits per heavy atom. The minimum absolute atomic E-state index is 0.307. The van der Waals surface area contributed by atoms with Crippen LogP contribution in [0.5, 0.6) is 0 Å². The van der Waals surface area contributed by atoms with E-state index in [9.17, 15) is 9.59 Å². The quantitative estimate of drug-likeness (QED) is 0.771. The van der Waals surface area contributed by atoms with Gasteiger partial charge in [-0.2, -0.15) is 0 Å². The Labute approximate surface area is 111 Å². The monoisotopic (exact) mass is 267 g/mol. The molecule has 0 atom stereocenters. The van der Waals surface area contributed by atoms with E-state index in [1.807, 2.05) is 4.90 Å². The number of rotatable bonds is 4. The predicted octanol–water partition coefficient (Wildman–Crippen LogP) is -0.813. The third kappa shape index (κ3) is 2.56. The molecule has 19 heavy (non-hydrogen) atoms. The summed E-state index contributed by atoms with van der Waals surface area (Å²) in [6.07, 6.45) is 4.43. The molecular weight excluding hydrogens is 246 g/mol. The fourth-order valence-corrected chi connectivity index (χ4v) is 2.68. The molecule has 1 fully saturated rings. The van der Waals surface area contributed by atoms with Gasteiger partial charge in [0.15, 0.2) is 0 Å². The normalized spacial score (nSPS) is 15.9. The Bertz CT molecular complexity index is 556. The van der Waals surface area contributed by atoms with Crippen molar-refractivity contribution >= 4 is 5.82 Å². The minimum atomic E-state index is -0.409. The van der Waals surface area contributed by atoms with Crippen LogP contribution in [0.25, 0.3) is 0 Å². The number of hydrogen-bond acceptors (Lipinski definition) is 5. The fraction of sp³-hybridized carbons (Fsp3) is 0.750. The van der Waals surface area contributed by atoms with E-state index in [4.69, 9.17) is 5.73 Å². The molecule has 0 amide bonds. The van der Waals surface area contributed by atoms with E-state index in [1.165, 1.54) is 11.7 Å². The zero-order chi connectivity index (χ0) is 14.0. The van der Waals surface area contributed by atoms with E-state index in [1.54, 1.807) is 7.05 Å². The molecule has 0 aliphatic heterocycles. The van der Waals surface area contributed by atoms with Gasteiger partial charge in [0.1, 0.15) is 0 Å². The molecule has 0 radical (unpaired) electrons. The third-order valence-electron chi connectivity index (χ3n) is 3.71. The molecule has 1 aromatic rings. The molecule has 0 saturated heterocycles. The first-order valence-electron chi connectivity index (χ1n) is 6.67. The molecule has 0 bridgehead atoms. The van der Waals surface area contributed by atoms with Gasteiger partial charge < -0.3 is 10.6 Å². The van der Waals surface area contributed by atoms with Crippen molar-refractivity contribution in [2.24, 2.45) is 19.8 Å². The van der Waals surface area contributed by atoms with Gasteiger partial charge >= 0.3 is 5.69 Å². The van der Waals surface area contributed by atoms with E-state index >= 15 is 0 Å². The average molecular weight is 267 g/mol. The van der Waals surface area contributed by atoms with Crippen LogP contribution >= 0.6 is 0 Å². The first-order chi connectivity index (χ1) is 9.06. The largest absolute Gasteiger partial charge is 0.346 e. The predicted molar refractivity (Wildman–Crippen MR) is 73.4 cm³/mol. The highest BCUT2D eigenvalue weighted by Crippen LogP contribution is 2.25. The lowest BCUT2D eigenvalue weighted by Gasteiger charge is -2.29. The van der Waals surface area contributed by atoms with Gasteiger partial charge in [-0.15, -0.1) is 5.10 Å². The summed E-state index contributed by atoms with van der Waals surface area (Å²) in [6.45, 7) is 1.05. The molecule has 1 aliphatic rings. The first-order valence-corrected chi connectivity index (χ1v) is 6.67. The Hall–Kier alpha value is -1.63. The number of nitrogens with zero attached hydrogens (tertiary/aromatic N) is 4. The average Bonchev–Trinajstić information content (AvgIpc) is 2.92. The van der Waals surface area contributed by atoms with Crippen LogP contribution in [0.2, 0.25) is 0 Å². The summed E-state index contributed by atoms with van der Waals surface area (Å²) in [5.74, 6) is 0.335. The smallest absolute Gasteiger partial charge is 0.346 e. The van der Waals surface area contributed by atoms with E-state index in [0.29, 0.717) is 24.9 Å². The second-order valence-corrected chi connectivity index (χ2v) is 5.01. The lowest BCUT2D eigenvalue weighted by molar-refractivity contribution is 0.549. The minimum Gasteiger partial charge on any atom is -0.346 e. The van der Waals surface area contributed by atoms with Crippen molar-refractivity contribution in [3.63, 3.8) is 0 Å². The Morgan fingerprint density at radius 1 is 1.32 bits per heavy atom. The summed E-state index contributed by atoms with van der Waals surface area (Å²) in [5, 5.41) is 4.14. The SMILES string of the molecule is Cn1nc(N(CCN)C2CCCC2)c(=O)n(C)c1=O. The number of aryl methyl sites for hydroxylation is 1. The van der Waals surface area contributed by atoms with Crippen LogP contribution in [0.1, 0.15) is 25.7 Å². The van der Waals surface area contributed by atoms with Crippen LogP contribution in [0.4, 0.5) is 5.82 Å². The second-order valence-electron chi connectivity index (χ2n) is 5.01. The zero-order valence-corrected chi connectivity index (χ0v) is 11.5. The number of hydrogen-bond donors (Lipinski definition) is 1. The van der Waals surface area contributed by atoms with Gasteiger partial charge in [0.2, 0.25) is 5.82 Å². The van der Waals surface area contributed by atoms with Gasteiger partial charge in [-0.05, 0) is 12.8 Å². The van der Waals surface area contributed by atoms with Crippen molar-refractivity contribution in [2.75, 3.05) is 18.0 Å². The van der Waals surface area contributed by atoms with Crippen molar-refractivity contribution in [2.45, 2.75) is 31.7 Å². The van der Waals surface area contributed by atoms with Gasteiger partial charge in [0, 0.05) is 33.2 Å². The molecule has 7 heteroatoms. The summed E-state index contributed by atoms with van der Waals surface area (Å²) in [4.78, 5) is 25.8. The van der Waals surface area contributed by atoms with Gasteiger partial charge in [-0.3, -0.25) is 9.36 Å². The maximum Gasteiger partial charge on any atom is 0.346 e. The maximum absolute atomic E-state index is 12.2. The van der Waals surface area contributed by atoms with Gasteiger partial charge in [-0.1, -0.05) is 12.8 Å². The van der Waals surface area contributed by atoms with Crippen molar-refractivity contribution in [3.8, 4) is 0 Å². The van der Waals surface area contributed by atoms with Crippen molar-refractivity contribution in [1.82, 2.24) is 14.3 Å². The van der Waals surface area contributed by atoms with Crippen molar-refractivity contribution < 1.29 is 0 Å². The maximum atomic E-state index is 12.2. The zero-order valence-electron chi connectivity index (χ0n) is 11.5. The molecule has 1 aliphatic carbocycles.